The fourth-order valence-corrected chi connectivity index (χ4v) is 6.00. The first-order valence-corrected chi connectivity index (χ1v) is 15.2. The number of nitrogens with zero attached hydrogens (tertiary/aromatic N) is 2. The number of hydrogen-bond acceptors (Lipinski definition) is 4. The van der Waals surface area contributed by atoms with Crippen LogP contribution in [-0.4, -0.2) is 44.3 Å². The van der Waals surface area contributed by atoms with E-state index in [1.165, 1.54) is 37.3 Å². The van der Waals surface area contributed by atoms with E-state index in [4.69, 9.17) is 23.2 Å². The van der Waals surface area contributed by atoms with E-state index in [1.807, 2.05) is 6.92 Å². The third kappa shape index (κ3) is 8.17. The number of carbonyl (C=O) groups is 2. The molecule has 0 spiro atoms. The van der Waals surface area contributed by atoms with Crippen LogP contribution < -0.4 is 9.62 Å². The molecule has 226 valence electrons. The summed E-state index contributed by atoms with van der Waals surface area (Å²) in [5, 5.41) is 3.17. The molecule has 1 unspecified atom stereocenters. The number of alkyl halides is 3. The van der Waals surface area contributed by atoms with Crippen molar-refractivity contribution in [2.45, 2.75) is 50.3 Å². The molecule has 3 aromatic carbocycles. The van der Waals surface area contributed by atoms with E-state index in [0.717, 1.165) is 23.5 Å². The first kappa shape index (κ1) is 33.2. The van der Waals surface area contributed by atoms with Gasteiger partial charge in [0.1, 0.15) is 12.6 Å². The summed E-state index contributed by atoms with van der Waals surface area (Å²) in [6.07, 6.45) is -3.25. The molecule has 1 atom stereocenters. The van der Waals surface area contributed by atoms with Crippen LogP contribution in [0.2, 0.25) is 10.0 Å². The van der Waals surface area contributed by atoms with Gasteiger partial charge in [-0.05, 0) is 55.8 Å². The molecule has 7 nitrogen and oxygen atoms in total. The molecule has 0 aromatic heterocycles. The number of halogens is 5. The smallest absolute Gasteiger partial charge is 0.354 e. The Morgan fingerprint density at radius 2 is 1.57 bits per heavy atom. The summed E-state index contributed by atoms with van der Waals surface area (Å²) in [6.45, 7) is 2.59. The number of sulfonamides is 1. The lowest BCUT2D eigenvalue weighted by Crippen LogP contribution is -2.51. The number of unbranched alkanes of at least 4 members (excludes halogenated alkanes) is 1. The molecular formula is C29H30Cl2F3N3O4S. The topological polar surface area (TPSA) is 86.8 Å². The minimum atomic E-state index is -4.76. The Morgan fingerprint density at radius 1 is 0.952 bits per heavy atom. The summed E-state index contributed by atoms with van der Waals surface area (Å²) >= 11 is 12.7. The van der Waals surface area contributed by atoms with Crippen LogP contribution in [0.15, 0.2) is 77.7 Å². The largest absolute Gasteiger partial charge is 0.416 e. The average molecular weight is 645 g/mol. The van der Waals surface area contributed by atoms with Crippen molar-refractivity contribution < 1.29 is 31.2 Å². The zero-order valence-corrected chi connectivity index (χ0v) is 25.2. The van der Waals surface area contributed by atoms with Gasteiger partial charge in [0.15, 0.2) is 0 Å². The van der Waals surface area contributed by atoms with Gasteiger partial charge in [-0.1, -0.05) is 66.9 Å². The average Bonchev–Trinajstić information content (AvgIpc) is 2.95. The highest BCUT2D eigenvalue weighted by Crippen LogP contribution is 2.34. The molecular weight excluding hydrogens is 614 g/mol. The Labute approximate surface area is 253 Å². The van der Waals surface area contributed by atoms with Gasteiger partial charge >= 0.3 is 6.18 Å². The number of carbonyl (C=O) groups excluding carboxylic acids is 2. The lowest BCUT2D eigenvalue weighted by atomic mass is 10.1. The van der Waals surface area contributed by atoms with Crippen LogP contribution in [0.1, 0.15) is 37.8 Å². The third-order valence-electron chi connectivity index (χ3n) is 6.46. The molecule has 0 aliphatic rings. The maximum absolute atomic E-state index is 13.9. The molecule has 0 aliphatic carbocycles. The Kier molecular flexibility index (Phi) is 11.3. The number of rotatable bonds is 12. The second-order valence-corrected chi connectivity index (χ2v) is 12.1. The van der Waals surface area contributed by atoms with Crippen molar-refractivity contribution in [2.75, 3.05) is 17.4 Å². The van der Waals surface area contributed by atoms with Gasteiger partial charge in [-0.25, -0.2) is 8.42 Å². The van der Waals surface area contributed by atoms with Crippen molar-refractivity contribution in [2.24, 2.45) is 0 Å². The molecule has 0 radical (unpaired) electrons. The predicted octanol–water partition coefficient (Wildman–Crippen LogP) is 6.54. The monoisotopic (exact) mass is 643 g/mol. The maximum Gasteiger partial charge on any atom is 0.416 e. The Bertz CT molecular complexity index is 1490. The van der Waals surface area contributed by atoms with Crippen LogP contribution in [0.4, 0.5) is 18.9 Å². The van der Waals surface area contributed by atoms with Gasteiger partial charge in [0.25, 0.3) is 10.0 Å². The van der Waals surface area contributed by atoms with Crippen LogP contribution >= 0.6 is 23.2 Å². The first-order chi connectivity index (χ1) is 19.8. The highest BCUT2D eigenvalue weighted by molar-refractivity contribution is 7.92. The molecule has 0 aliphatic heterocycles. The molecule has 0 fully saturated rings. The predicted molar refractivity (Wildman–Crippen MR) is 157 cm³/mol. The standard InChI is InChI=1S/C29H30Cl2F3N3O4S/c1-3-4-16-35-28(39)20(2)36(18-24-25(30)14-9-15-26(24)31)27(38)19-37(42(40,41)23-12-6-5-7-13-23)22-11-8-10-21(17-22)29(32,33)34/h5-15,17,20H,3-4,16,18-19H2,1-2H3,(H,35,39). The first-order valence-electron chi connectivity index (χ1n) is 13.0. The van der Waals surface area contributed by atoms with Crippen molar-refractivity contribution in [3.05, 3.63) is 94.0 Å². The molecule has 42 heavy (non-hydrogen) atoms. The summed E-state index contributed by atoms with van der Waals surface area (Å²) in [5.74, 6) is -1.36. The fraction of sp³-hybridized carbons (Fsp3) is 0.310. The SMILES string of the molecule is CCCCNC(=O)C(C)N(Cc1c(Cl)cccc1Cl)C(=O)CN(c1cccc(C(F)(F)F)c1)S(=O)(=O)c1ccccc1. The number of amides is 2. The summed E-state index contributed by atoms with van der Waals surface area (Å²) in [4.78, 5) is 27.8. The van der Waals surface area contributed by atoms with Gasteiger partial charge in [-0.3, -0.25) is 13.9 Å². The van der Waals surface area contributed by atoms with Crippen LogP contribution in [-0.2, 0) is 32.3 Å². The highest BCUT2D eigenvalue weighted by Gasteiger charge is 2.35. The molecule has 0 bridgehead atoms. The lowest BCUT2D eigenvalue weighted by Gasteiger charge is -2.32. The Morgan fingerprint density at radius 3 is 2.17 bits per heavy atom. The van der Waals surface area contributed by atoms with Crippen LogP contribution in [0.3, 0.4) is 0 Å². The van der Waals surface area contributed by atoms with Crippen LogP contribution in [0, 0.1) is 0 Å². The second-order valence-electron chi connectivity index (χ2n) is 9.42. The molecule has 13 heteroatoms. The van der Waals surface area contributed by atoms with E-state index in [2.05, 4.69) is 5.32 Å². The van der Waals surface area contributed by atoms with E-state index in [1.54, 1.807) is 24.3 Å². The number of anilines is 1. The molecule has 1 N–H and O–H groups in total. The van der Waals surface area contributed by atoms with Gasteiger partial charge in [0.05, 0.1) is 16.1 Å². The number of benzene rings is 3. The molecule has 0 saturated heterocycles. The maximum atomic E-state index is 13.9. The molecule has 0 saturated carbocycles. The molecule has 3 rings (SSSR count). The van der Waals surface area contributed by atoms with Gasteiger partial charge in [0, 0.05) is 28.7 Å². The summed E-state index contributed by atoms with van der Waals surface area (Å²) in [7, 11) is -4.53. The van der Waals surface area contributed by atoms with Crippen molar-refractivity contribution in [3.8, 4) is 0 Å². The van der Waals surface area contributed by atoms with Crippen molar-refractivity contribution >= 4 is 50.7 Å². The van der Waals surface area contributed by atoms with E-state index in [-0.39, 0.29) is 27.2 Å². The van der Waals surface area contributed by atoms with Crippen LogP contribution in [0.5, 0.6) is 0 Å². The number of hydrogen-bond donors (Lipinski definition) is 1. The zero-order valence-electron chi connectivity index (χ0n) is 22.9. The van der Waals surface area contributed by atoms with E-state index >= 15 is 0 Å². The van der Waals surface area contributed by atoms with Crippen LogP contribution in [0.25, 0.3) is 0 Å². The van der Waals surface area contributed by atoms with E-state index < -0.39 is 46.2 Å². The molecule has 2 amide bonds. The summed E-state index contributed by atoms with van der Waals surface area (Å²) in [6, 6.07) is 14.3. The minimum absolute atomic E-state index is 0.213. The van der Waals surface area contributed by atoms with Gasteiger partial charge in [-0.2, -0.15) is 13.2 Å². The second kappa shape index (κ2) is 14.3. The third-order valence-corrected chi connectivity index (χ3v) is 8.95. The fourth-order valence-electron chi connectivity index (χ4n) is 4.06. The van der Waals surface area contributed by atoms with Gasteiger partial charge < -0.3 is 10.2 Å². The van der Waals surface area contributed by atoms with Crippen molar-refractivity contribution in [3.63, 3.8) is 0 Å². The molecule has 0 heterocycles. The number of nitrogens with one attached hydrogen (secondary N) is 1. The quantitative estimate of drug-likeness (QED) is 0.227. The van der Waals surface area contributed by atoms with E-state index in [9.17, 15) is 31.2 Å². The minimum Gasteiger partial charge on any atom is -0.354 e. The summed E-state index contributed by atoms with van der Waals surface area (Å²) in [5.41, 5.74) is -1.15. The van der Waals surface area contributed by atoms with Crippen molar-refractivity contribution in [1.82, 2.24) is 10.2 Å². The van der Waals surface area contributed by atoms with E-state index in [0.29, 0.717) is 28.9 Å². The highest BCUT2D eigenvalue weighted by atomic mass is 35.5. The van der Waals surface area contributed by atoms with Gasteiger partial charge in [-0.15, -0.1) is 0 Å². The Balaban J connectivity index is 2.09. The molecule has 3 aromatic rings. The normalized spacial score (nSPS) is 12.5. The zero-order chi connectivity index (χ0) is 31.1. The van der Waals surface area contributed by atoms with Crippen molar-refractivity contribution in [1.29, 1.82) is 0 Å². The Hall–Kier alpha value is -3.28. The summed E-state index contributed by atoms with van der Waals surface area (Å²) < 4.78 is 68.8. The van der Waals surface area contributed by atoms with Gasteiger partial charge in [0.2, 0.25) is 11.8 Å². The lowest BCUT2D eigenvalue weighted by molar-refractivity contribution is -0.139.